The zero-order valence-corrected chi connectivity index (χ0v) is 8.45. The summed E-state index contributed by atoms with van der Waals surface area (Å²) >= 11 is 0. The van der Waals surface area contributed by atoms with Crippen LogP contribution in [0, 0.1) is 6.92 Å². The summed E-state index contributed by atoms with van der Waals surface area (Å²) in [6.07, 6.45) is 0. The molecule has 0 radical (unpaired) electrons. The number of methoxy groups -OCH3 is 1. The fourth-order valence-electron chi connectivity index (χ4n) is 1.09. The molecule has 0 saturated heterocycles. The molecule has 0 unspecified atom stereocenters. The van der Waals surface area contributed by atoms with Crippen LogP contribution in [0.5, 0.6) is 11.5 Å². The summed E-state index contributed by atoms with van der Waals surface area (Å²) in [5, 5.41) is 0. The molecule has 0 atom stereocenters. The summed E-state index contributed by atoms with van der Waals surface area (Å²) in [6, 6.07) is 5.74. The lowest BCUT2D eigenvalue weighted by molar-refractivity contribution is 0.101. The number of rotatable bonds is 5. The first kappa shape index (κ1) is 10.8. The second-order valence-corrected chi connectivity index (χ2v) is 2.87. The van der Waals surface area contributed by atoms with Crippen LogP contribution in [0.15, 0.2) is 18.2 Å². The van der Waals surface area contributed by atoms with Crippen molar-refractivity contribution in [1.82, 2.24) is 0 Å². The molecule has 0 heterocycles. The van der Waals surface area contributed by atoms with E-state index in [4.69, 9.17) is 15.4 Å². The number of nitrogens with two attached hydrogens (primary N) is 1. The third kappa shape index (κ3) is 2.90. The van der Waals surface area contributed by atoms with Crippen molar-refractivity contribution in [2.24, 2.45) is 5.90 Å². The monoisotopic (exact) mass is 197 g/mol. The highest BCUT2D eigenvalue weighted by molar-refractivity contribution is 5.42. The van der Waals surface area contributed by atoms with Gasteiger partial charge in [-0.25, -0.2) is 5.90 Å². The minimum absolute atomic E-state index is 0.358. The maximum Gasteiger partial charge on any atom is 0.161 e. The van der Waals surface area contributed by atoms with Crippen LogP contribution in [-0.2, 0) is 4.84 Å². The van der Waals surface area contributed by atoms with Crippen LogP contribution < -0.4 is 15.4 Å². The fraction of sp³-hybridized carbons (Fsp3) is 0.400. The van der Waals surface area contributed by atoms with Crippen molar-refractivity contribution in [2.45, 2.75) is 6.92 Å². The average molecular weight is 197 g/mol. The molecule has 0 amide bonds. The molecule has 0 aromatic heterocycles. The molecule has 0 bridgehead atoms. The Balaban J connectivity index is 2.65. The average Bonchev–Trinajstić information content (AvgIpc) is 2.20. The number of ether oxygens (including phenoxy) is 2. The van der Waals surface area contributed by atoms with Crippen molar-refractivity contribution in [2.75, 3.05) is 20.3 Å². The van der Waals surface area contributed by atoms with Gasteiger partial charge in [0, 0.05) is 0 Å². The molecule has 0 fully saturated rings. The van der Waals surface area contributed by atoms with Crippen molar-refractivity contribution in [3.63, 3.8) is 0 Å². The molecule has 0 aliphatic rings. The molecule has 0 aliphatic heterocycles. The first-order chi connectivity index (χ1) is 6.77. The minimum Gasteiger partial charge on any atom is -0.493 e. The summed E-state index contributed by atoms with van der Waals surface area (Å²) in [5.74, 6) is 6.30. The molecule has 78 valence electrons. The van der Waals surface area contributed by atoms with Crippen LogP contribution in [0.2, 0.25) is 0 Å². The third-order valence-corrected chi connectivity index (χ3v) is 1.78. The van der Waals surface area contributed by atoms with Crippen LogP contribution in [0.1, 0.15) is 5.56 Å². The summed E-state index contributed by atoms with van der Waals surface area (Å²) in [4.78, 5) is 4.39. The van der Waals surface area contributed by atoms with E-state index >= 15 is 0 Å². The largest absolute Gasteiger partial charge is 0.493 e. The van der Waals surface area contributed by atoms with Crippen LogP contribution in [-0.4, -0.2) is 20.3 Å². The molecule has 4 heteroatoms. The van der Waals surface area contributed by atoms with Crippen molar-refractivity contribution >= 4 is 0 Å². The van der Waals surface area contributed by atoms with Gasteiger partial charge in [0.1, 0.15) is 13.2 Å². The first-order valence-electron chi connectivity index (χ1n) is 4.37. The van der Waals surface area contributed by atoms with Crippen molar-refractivity contribution in [3.05, 3.63) is 23.8 Å². The Morgan fingerprint density at radius 3 is 2.64 bits per heavy atom. The van der Waals surface area contributed by atoms with Gasteiger partial charge in [-0.1, -0.05) is 6.07 Å². The van der Waals surface area contributed by atoms with E-state index in [1.54, 1.807) is 7.11 Å². The van der Waals surface area contributed by atoms with Gasteiger partial charge in [0.2, 0.25) is 0 Å². The number of hydrogen-bond acceptors (Lipinski definition) is 4. The molecule has 4 nitrogen and oxygen atoms in total. The lowest BCUT2D eigenvalue weighted by Crippen LogP contribution is -2.10. The minimum atomic E-state index is 0.358. The highest BCUT2D eigenvalue weighted by atomic mass is 16.6. The number of benzene rings is 1. The molecular formula is C10H15NO3. The number of hydrogen-bond donors (Lipinski definition) is 1. The van der Waals surface area contributed by atoms with Crippen molar-refractivity contribution < 1.29 is 14.3 Å². The predicted molar refractivity (Wildman–Crippen MR) is 53.4 cm³/mol. The molecule has 0 spiro atoms. The summed E-state index contributed by atoms with van der Waals surface area (Å²) in [6.45, 7) is 2.77. The Morgan fingerprint density at radius 2 is 2.00 bits per heavy atom. The molecule has 1 aromatic carbocycles. The van der Waals surface area contributed by atoms with Crippen LogP contribution in [0.25, 0.3) is 0 Å². The Kier molecular flexibility index (Phi) is 4.22. The first-order valence-corrected chi connectivity index (χ1v) is 4.37. The number of aryl methyl sites for hydroxylation is 1. The van der Waals surface area contributed by atoms with Gasteiger partial charge in [0.15, 0.2) is 11.5 Å². The zero-order chi connectivity index (χ0) is 10.4. The molecule has 14 heavy (non-hydrogen) atoms. The van der Waals surface area contributed by atoms with E-state index in [0.29, 0.717) is 19.0 Å². The van der Waals surface area contributed by atoms with Gasteiger partial charge in [-0.05, 0) is 24.6 Å². The van der Waals surface area contributed by atoms with E-state index in [9.17, 15) is 0 Å². The Labute approximate surface area is 83.5 Å². The fourth-order valence-corrected chi connectivity index (χ4v) is 1.09. The van der Waals surface area contributed by atoms with E-state index in [0.717, 1.165) is 11.3 Å². The third-order valence-electron chi connectivity index (χ3n) is 1.78. The summed E-state index contributed by atoms with van der Waals surface area (Å²) in [7, 11) is 1.61. The Morgan fingerprint density at radius 1 is 1.21 bits per heavy atom. The molecule has 1 aromatic rings. The van der Waals surface area contributed by atoms with Crippen LogP contribution in [0.3, 0.4) is 0 Å². The smallest absolute Gasteiger partial charge is 0.161 e. The van der Waals surface area contributed by atoms with Gasteiger partial charge in [0.25, 0.3) is 0 Å². The Bertz CT molecular complexity index is 289. The molecule has 1 rings (SSSR count). The summed E-state index contributed by atoms with van der Waals surface area (Å²) in [5.41, 5.74) is 1.13. The lowest BCUT2D eigenvalue weighted by atomic mass is 10.2. The van der Waals surface area contributed by atoms with Gasteiger partial charge in [-0.3, -0.25) is 0 Å². The van der Waals surface area contributed by atoms with Gasteiger partial charge in [-0.15, -0.1) is 0 Å². The zero-order valence-electron chi connectivity index (χ0n) is 8.45. The van der Waals surface area contributed by atoms with Gasteiger partial charge in [0.05, 0.1) is 7.11 Å². The standard InChI is InChI=1S/C10H15NO3/c1-8-3-4-9(10(7-8)12-2)13-5-6-14-11/h3-4,7H,5-6,11H2,1-2H3. The molecular weight excluding hydrogens is 182 g/mol. The lowest BCUT2D eigenvalue weighted by Gasteiger charge is -2.10. The van der Waals surface area contributed by atoms with E-state index < -0.39 is 0 Å². The highest BCUT2D eigenvalue weighted by Crippen LogP contribution is 2.27. The summed E-state index contributed by atoms with van der Waals surface area (Å²) < 4.78 is 10.6. The van der Waals surface area contributed by atoms with Crippen molar-refractivity contribution in [1.29, 1.82) is 0 Å². The van der Waals surface area contributed by atoms with Crippen LogP contribution in [0.4, 0.5) is 0 Å². The van der Waals surface area contributed by atoms with E-state index in [1.165, 1.54) is 0 Å². The second-order valence-electron chi connectivity index (χ2n) is 2.87. The SMILES string of the molecule is COc1cc(C)ccc1OCCON. The van der Waals surface area contributed by atoms with Gasteiger partial charge < -0.3 is 14.3 Å². The Hall–Kier alpha value is -1.26. The van der Waals surface area contributed by atoms with Crippen molar-refractivity contribution in [3.8, 4) is 11.5 Å². The molecule has 0 saturated carbocycles. The maximum atomic E-state index is 5.39. The van der Waals surface area contributed by atoms with E-state index in [-0.39, 0.29) is 0 Å². The van der Waals surface area contributed by atoms with Crippen LogP contribution >= 0.6 is 0 Å². The normalized spacial score (nSPS) is 9.93. The second kappa shape index (κ2) is 5.47. The molecule has 2 N–H and O–H groups in total. The maximum absolute atomic E-state index is 5.39. The quantitative estimate of drug-likeness (QED) is 0.570. The predicted octanol–water partition coefficient (Wildman–Crippen LogP) is 1.27. The highest BCUT2D eigenvalue weighted by Gasteiger charge is 2.03. The van der Waals surface area contributed by atoms with E-state index in [1.807, 2.05) is 25.1 Å². The van der Waals surface area contributed by atoms with Gasteiger partial charge in [-0.2, -0.15) is 0 Å². The topological polar surface area (TPSA) is 53.7 Å². The molecule has 0 aliphatic carbocycles. The van der Waals surface area contributed by atoms with E-state index in [2.05, 4.69) is 4.84 Å². The van der Waals surface area contributed by atoms with Gasteiger partial charge >= 0.3 is 0 Å².